The Kier molecular flexibility index (Phi) is 5.13. The molecule has 0 aliphatic carbocycles. The fourth-order valence-corrected chi connectivity index (χ4v) is 1.82. The topological polar surface area (TPSA) is 24.4 Å². The lowest BCUT2D eigenvalue weighted by Gasteiger charge is -2.05. The Hall–Kier alpha value is -2.35. The summed E-state index contributed by atoms with van der Waals surface area (Å²) in [5, 5.41) is 4.17. The maximum atomic E-state index is 4.17. The van der Waals surface area contributed by atoms with Crippen molar-refractivity contribution in [2.24, 2.45) is 5.10 Å². The number of rotatable bonds is 5. The zero-order valence-electron chi connectivity index (χ0n) is 12.0. The van der Waals surface area contributed by atoms with Gasteiger partial charge in [0.25, 0.3) is 0 Å². The van der Waals surface area contributed by atoms with E-state index in [9.17, 15) is 0 Å². The molecule has 2 rings (SSSR count). The van der Waals surface area contributed by atoms with Crippen molar-refractivity contribution in [3.8, 4) is 0 Å². The van der Waals surface area contributed by atoms with Crippen LogP contribution in [0.5, 0.6) is 0 Å². The second-order valence-electron chi connectivity index (χ2n) is 4.94. The van der Waals surface area contributed by atoms with Crippen LogP contribution in [-0.4, -0.2) is 6.21 Å². The van der Waals surface area contributed by atoms with E-state index in [-0.39, 0.29) is 0 Å². The van der Waals surface area contributed by atoms with Gasteiger partial charge in [-0.2, -0.15) is 5.10 Å². The van der Waals surface area contributed by atoms with Gasteiger partial charge in [-0.3, -0.25) is 5.43 Å². The molecule has 0 unspecified atom stereocenters. The van der Waals surface area contributed by atoms with Crippen LogP contribution in [0.2, 0.25) is 0 Å². The van der Waals surface area contributed by atoms with Gasteiger partial charge in [0.15, 0.2) is 0 Å². The van der Waals surface area contributed by atoms with E-state index in [0.717, 1.165) is 5.69 Å². The molecule has 0 heterocycles. The lowest BCUT2D eigenvalue weighted by molar-refractivity contribution is 0.867. The summed E-state index contributed by atoms with van der Waals surface area (Å²) in [4.78, 5) is 0. The van der Waals surface area contributed by atoms with E-state index >= 15 is 0 Å². The second kappa shape index (κ2) is 7.29. The number of benzene rings is 2. The van der Waals surface area contributed by atoms with Crippen LogP contribution in [0.15, 0.2) is 65.8 Å². The van der Waals surface area contributed by atoms with Gasteiger partial charge in [0.2, 0.25) is 0 Å². The van der Waals surface area contributed by atoms with Crippen molar-refractivity contribution in [2.45, 2.75) is 19.8 Å². The SMILES string of the molecule is CC(C)c1ccc(NN=CC=Cc2ccccc2)cc1. The Labute approximate surface area is 120 Å². The van der Waals surface area contributed by atoms with Gasteiger partial charge < -0.3 is 0 Å². The first kappa shape index (κ1) is 14.1. The van der Waals surface area contributed by atoms with Crippen LogP contribution >= 0.6 is 0 Å². The van der Waals surface area contributed by atoms with Gasteiger partial charge in [0.05, 0.1) is 5.69 Å². The highest BCUT2D eigenvalue weighted by Crippen LogP contribution is 2.16. The largest absolute Gasteiger partial charge is 0.279 e. The molecule has 20 heavy (non-hydrogen) atoms. The fourth-order valence-electron chi connectivity index (χ4n) is 1.82. The number of anilines is 1. The molecule has 1 N–H and O–H groups in total. The average molecular weight is 264 g/mol. The Morgan fingerprint density at radius 1 is 0.950 bits per heavy atom. The van der Waals surface area contributed by atoms with E-state index in [4.69, 9.17) is 0 Å². The highest BCUT2D eigenvalue weighted by molar-refractivity contribution is 5.78. The molecule has 2 nitrogen and oxygen atoms in total. The summed E-state index contributed by atoms with van der Waals surface area (Å²) in [5.74, 6) is 0.557. The number of nitrogens with one attached hydrogen (secondary N) is 1. The molecule has 0 atom stereocenters. The zero-order valence-corrected chi connectivity index (χ0v) is 12.0. The molecular weight excluding hydrogens is 244 g/mol. The van der Waals surface area contributed by atoms with Crippen molar-refractivity contribution in [3.63, 3.8) is 0 Å². The molecule has 2 aromatic carbocycles. The highest BCUT2D eigenvalue weighted by atomic mass is 15.3. The van der Waals surface area contributed by atoms with Crippen LogP contribution < -0.4 is 5.43 Å². The number of hydrogen-bond donors (Lipinski definition) is 1. The zero-order chi connectivity index (χ0) is 14.2. The predicted octanol–water partition coefficient (Wildman–Crippen LogP) is 4.92. The summed E-state index contributed by atoms with van der Waals surface area (Å²) >= 11 is 0. The van der Waals surface area contributed by atoms with Gasteiger partial charge in [-0.25, -0.2) is 0 Å². The van der Waals surface area contributed by atoms with Gasteiger partial charge in [-0.1, -0.05) is 62.4 Å². The van der Waals surface area contributed by atoms with Gasteiger partial charge in [0.1, 0.15) is 0 Å². The molecule has 2 aromatic rings. The van der Waals surface area contributed by atoms with Crippen LogP contribution in [0, 0.1) is 0 Å². The molecule has 0 saturated carbocycles. The van der Waals surface area contributed by atoms with Crippen LogP contribution in [0.3, 0.4) is 0 Å². The smallest absolute Gasteiger partial charge is 0.0561 e. The Bertz CT molecular complexity index is 566. The van der Waals surface area contributed by atoms with Crippen LogP contribution in [-0.2, 0) is 0 Å². The van der Waals surface area contributed by atoms with Crippen LogP contribution in [0.4, 0.5) is 5.69 Å². The molecule has 0 fully saturated rings. The summed E-state index contributed by atoms with van der Waals surface area (Å²) in [7, 11) is 0. The van der Waals surface area contributed by atoms with Gasteiger partial charge in [-0.15, -0.1) is 0 Å². The summed E-state index contributed by atoms with van der Waals surface area (Å²) in [6.45, 7) is 4.38. The monoisotopic (exact) mass is 264 g/mol. The summed E-state index contributed by atoms with van der Waals surface area (Å²) in [6.07, 6.45) is 5.70. The average Bonchev–Trinajstić information content (AvgIpc) is 2.48. The van der Waals surface area contributed by atoms with Crippen molar-refractivity contribution in [1.29, 1.82) is 0 Å². The van der Waals surface area contributed by atoms with E-state index in [0.29, 0.717) is 5.92 Å². The normalized spacial score (nSPS) is 11.6. The summed E-state index contributed by atoms with van der Waals surface area (Å²) < 4.78 is 0. The molecule has 0 aliphatic heterocycles. The van der Waals surface area contributed by atoms with E-state index in [1.807, 2.05) is 42.5 Å². The number of hydrazone groups is 1. The van der Waals surface area contributed by atoms with E-state index in [1.54, 1.807) is 6.21 Å². The summed E-state index contributed by atoms with van der Waals surface area (Å²) in [6, 6.07) is 18.5. The molecule has 0 aliphatic rings. The second-order valence-corrected chi connectivity index (χ2v) is 4.94. The van der Waals surface area contributed by atoms with Crippen molar-refractivity contribution >= 4 is 18.0 Å². The molecule has 0 spiro atoms. The van der Waals surface area contributed by atoms with Crippen LogP contribution in [0.1, 0.15) is 30.9 Å². The Morgan fingerprint density at radius 2 is 1.65 bits per heavy atom. The predicted molar refractivity (Wildman–Crippen MR) is 88.1 cm³/mol. The van der Waals surface area contributed by atoms with Crippen LogP contribution in [0.25, 0.3) is 6.08 Å². The van der Waals surface area contributed by atoms with Crippen molar-refractivity contribution in [1.82, 2.24) is 0 Å². The highest BCUT2D eigenvalue weighted by Gasteiger charge is 1.97. The molecule has 2 heteroatoms. The maximum absolute atomic E-state index is 4.17. The van der Waals surface area contributed by atoms with E-state index in [1.165, 1.54) is 11.1 Å². The molecule has 102 valence electrons. The third-order valence-corrected chi connectivity index (χ3v) is 3.02. The Morgan fingerprint density at radius 3 is 2.30 bits per heavy atom. The van der Waals surface area contributed by atoms with E-state index in [2.05, 4.69) is 48.6 Å². The summed E-state index contributed by atoms with van der Waals surface area (Å²) in [5.41, 5.74) is 6.52. The Balaban J connectivity index is 1.85. The van der Waals surface area contributed by atoms with Crippen molar-refractivity contribution in [2.75, 3.05) is 5.43 Å². The molecule has 0 aromatic heterocycles. The first-order chi connectivity index (χ1) is 9.75. The minimum Gasteiger partial charge on any atom is -0.279 e. The molecule has 0 amide bonds. The number of hydrogen-bond acceptors (Lipinski definition) is 2. The first-order valence-corrected chi connectivity index (χ1v) is 6.86. The fraction of sp³-hybridized carbons (Fsp3) is 0.167. The van der Waals surface area contributed by atoms with Gasteiger partial charge in [0, 0.05) is 6.21 Å². The van der Waals surface area contributed by atoms with Crippen molar-refractivity contribution in [3.05, 3.63) is 71.8 Å². The lowest BCUT2D eigenvalue weighted by atomic mass is 10.0. The van der Waals surface area contributed by atoms with Gasteiger partial charge >= 0.3 is 0 Å². The minimum atomic E-state index is 0.557. The number of nitrogens with zero attached hydrogens (tertiary/aromatic N) is 1. The quantitative estimate of drug-likeness (QED) is 0.601. The molecule has 0 radical (unpaired) electrons. The standard InChI is InChI=1S/C18H20N2/c1-15(2)17-10-12-18(13-11-17)20-19-14-6-9-16-7-4-3-5-8-16/h3-15,20H,1-2H3. The molecule has 0 bridgehead atoms. The third-order valence-electron chi connectivity index (χ3n) is 3.02. The lowest BCUT2D eigenvalue weighted by Crippen LogP contribution is -1.90. The van der Waals surface area contributed by atoms with Gasteiger partial charge in [-0.05, 0) is 35.3 Å². The maximum Gasteiger partial charge on any atom is 0.0561 e. The number of allylic oxidation sites excluding steroid dienone is 1. The molecular formula is C18H20N2. The van der Waals surface area contributed by atoms with E-state index < -0.39 is 0 Å². The minimum absolute atomic E-state index is 0.557. The first-order valence-electron chi connectivity index (χ1n) is 6.86. The molecule has 0 saturated heterocycles. The third kappa shape index (κ3) is 4.39. The van der Waals surface area contributed by atoms with Crippen molar-refractivity contribution < 1.29 is 0 Å².